The van der Waals surface area contributed by atoms with Gasteiger partial charge >= 0.3 is 0 Å². The van der Waals surface area contributed by atoms with E-state index in [0.717, 1.165) is 44.6 Å². The lowest BCUT2D eigenvalue weighted by atomic mass is 9.98. The van der Waals surface area contributed by atoms with Crippen LogP contribution in [0.1, 0.15) is 0 Å². The Kier molecular flexibility index (Phi) is 8.78. The fourth-order valence-electron chi connectivity index (χ4n) is 9.93. The van der Waals surface area contributed by atoms with Gasteiger partial charge in [0.1, 0.15) is 0 Å². The van der Waals surface area contributed by atoms with Gasteiger partial charge in [-0.2, -0.15) is 0 Å². The second-order valence-corrected chi connectivity index (χ2v) is 16.8. The maximum Gasteiger partial charge on any atom is 0.164 e. The Morgan fingerprint density at radius 1 is 0.258 bits per heavy atom. The van der Waals surface area contributed by atoms with Crippen LogP contribution in [0, 0.1) is 0 Å². The van der Waals surface area contributed by atoms with Gasteiger partial charge in [-0.15, -0.1) is 0 Å². The molecule has 0 atom stereocenters. The number of hydrogen-bond acceptors (Lipinski definition) is 3. The predicted octanol–water partition coefficient (Wildman–Crippen LogP) is 15.6. The van der Waals surface area contributed by atoms with E-state index in [1.165, 1.54) is 60.1 Å². The van der Waals surface area contributed by atoms with Crippen molar-refractivity contribution in [2.24, 2.45) is 0 Å². The van der Waals surface area contributed by atoms with Crippen LogP contribution < -0.4 is 0 Å². The Morgan fingerprint density at radius 2 is 0.727 bits per heavy atom. The monoisotopic (exact) mass is 841 g/mol. The molecule has 13 aromatic rings. The molecular weight excluding hydrogens is 803 g/mol. The van der Waals surface area contributed by atoms with Gasteiger partial charge < -0.3 is 9.13 Å². The zero-order chi connectivity index (χ0) is 43.6. The van der Waals surface area contributed by atoms with Gasteiger partial charge in [0.25, 0.3) is 0 Å². The topological polar surface area (TPSA) is 48.5 Å². The predicted molar refractivity (Wildman–Crippen MR) is 273 cm³/mol. The molecule has 0 aliphatic rings. The lowest BCUT2D eigenvalue weighted by Gasteiger charge is -2.15. The van der Waals surface area contributed by atoms with E-state index in [-0.39, 0.29) is 0 Å². The second-order valence-electron chi connectivity index (χ2n) is 16.8. The molecule has 0 radical (unpaired) electrons. The van der Waals surface area contributed by atoms with Gasteiger partial charge in [-0.1, -0.05) is 188 Å². The number of fused-ring (bicyclic) bond motifs is 9. The highest BCUT2D eigenvalue weighted by molar-refractivity contribution is 6.31. The third-order valence-electron chi connectivity index (χ3n) is 12.9. The van der Waals surface area contributed by atoms with Crippen molar-refractivity contribution in [2.75, 3.05) is 0 Å². The molecule has 0 N–H and O–H groups in total. The van der Waals surface area contributed by atoms with Crippen molar-refractivity contribution in [2.45, 2.75) is 0 Å². The largest absolute Gasteiger partial charge is 0.309 e. The summed E-state index contributed by atoms with van der Waals surface area (Å²) in [6.45, 7) is 0. The molecule has 5 nitrogen and oxygen atoms in total. The van der Waals surface area contributed by atoms with Crippen LogP contribution >= 0.6 is 0 Å². The maximum atomic E-state index is 5.09. The first-order valence-corrected chi connectivity index (χ1v) is 22.4. The summed E-state index contributed by atoms with van der Waals surface area (Å²) in [5, 5.41) is 7.26. The lowest BCUT2D eigenvalue weighted by molar-refractivity contribution is 1.07. The summed E-state index contributed by atoms with van der Waals surface area (Å²) >= 11 is 0. The van der Waals surface area contributed by atoms with Gasteiger partial charge in [-0.3, -0.25) is 0 Å². The van der Waals surface area contributed by atoms with Crippen molar-refractivity contribution in [1.82, 2.24) is 24.1 Å². The molecule has 0 aliphatic heterocycles. The van der Waals surface area contributed by atoms with Crippen LogP contribution in [-0.2, 0) is 0 Å². The summed E-state index contributed by atoms with van der Waals surface area (Å²) in [7, 11) is 0. The van der Waals surface area contributed by atoms with Crippen molar-refractivity contribution >= 4 is 54.4 Å². The summed E-state index contributed by atoms with van der Waals surface area (Å²) in [5.74, 6) is 1.90. The summed E-state index contributed by atoms with van der Waals surface area (Å²) in [5.41, 5.74) is 14.2. The zero-order valence-electron chi connectivity index (χ0n) is 35.8. The van der Waals surface area contributed by atoms with Crippen molar-refractivity contribution in [3.05, 3.63) is 237 Å². The molecular formula is C61H39N5. The number of hydrogen-bond donors (Lipinski definition) is 0. The van der Waals surface area contributed by atoms with E-state index in [1.807, 2.05) is 60.7 Å². The van der Waals surface area contributed by atoms with E-state index < -0.39 is 0 Å². The molecule has 0 bridgehead atoms. The Labute approximate surface area is 381 Å². The average molecular weight is 842 g/mol. The number of para-hydroxylation sites is 1. The molecule has 0 aliphatic carbocycles. The van der Waals surface area contributed by atoms with E-state index in [2.05, 4.69) is 185 Å². The van der Waals surface area contributed by atoms with Gasteiger partial charge in [0.05, 0.1) is 22.1 Å². The van der Waals surface area contributed by atoms with Crippen LogP contribution in [0.5, 0.6) is 0 Å². The van der Waals surface area contributed by atoms with Crippen LogP contribution in [0.3, 0.4) is 0 Å². The van der Waals surface area contributed by atoms with Crippen LogP contribution in [0.4, 0.5) is 0 Å². The first-order chi connectivity index (χ1) is 32.7. The van der Waals surface area contributed by atoms with Gasteiger partial charge in [0, 0.05) is 55.0 Å². The molecule has 66 heavy (non-hydrogen) atoms. The minimum Gasteiger partial charge on any atom is -0.309 e. The Morgan fingerprint density at radius 3 is 1.35 bits per heavy atom. The zero-order valence-corrected chi connectivity index (χ0v) is 35.8. The van der Waals surface area contributed by atoms with Crippen molar-refractivity contribution in [3.8, 4) is 67.8 Å². The van der Waals surface area contributed by atoms with Crippen molar-refractivity contribution in [1.29, 1.82) is 0 Å². The first-order valence-electron chi connectivity index (χ1n) is 22.4. The number of aromatic nitrogens is 5. The van der Waals surface area contributed by atoms with Crippen molar-refractivity contribution in [3.63, 3.8) is 0 Å². The van der Waals surface area contributed by atoms with Crippen LogP contribution in [0.25, 0.3) is 122 Å². The van der Waals surface area contributed by atoms with Gasteiger partial charge in [0.2, 0.25) is 0 Å². The molecule has 3 heterocycles. The Bertz CT molecular complexity index is 3850. The van der Waals surface area contributed by atoms with E-state index >= 15 is 0 Å². The molecule has 0 amide bonds. The van der Waals surface area contributed by atoms with Gasteiger partial charge in [0.15, 0.2) is 17.5 Å². The van der Waals surface area contributed by atoms with E-state index in [1.54, 1.807) is 0 Å². The average Bonchev–Trinajstić information content (AvgIpc) is 3.93. The third-order valence-corrected chi connectivity index (χ3v) is 12.9. The number of nitrogens with zero attached hydrogens (tertiary/aromatic N) is 5. The third kappa shape index (κ3) is 6.21. The minimum atomic E-state index is 0.621. The smallest absolute Gasteiger partial charge is 0.164 e. The maximum absolute atomic E-state index is 5.09. The summed E-state index contributed by atoms with van der Waals surface area (Å²) < 4.78 is 4.91. The summed E-state index contributed by atoms with van der Waals surface area (Å²) in [6, 6.07) is 84.2. The molecule has 0 fully saturated rings. The van der Waals surface area contributed by atoms with E-state index in [0.29, 0.717) is 17.5 Å². The molecule has 0 saturated carbocycles. The van der Waals surface area contributed by atoms with Gasteiger partial charge in [-0.05, 0) is 76.2 Å². The lowest BCUT2D eigenvalue weighted by Crippen LogP contribution is -2.01. The van der Waals surface area contributed by atoms with E-state index in [4.69, 9.17) is 15.0 Å². The highest BCUT2D eigenvalue weighted by Crippen LogP contribution is 2.45. The van der Waals surface area contributed by atoms with Crippen LogP contribution in [-0.4, -0.2) is 24.1 Å². The molecule has 308 valence electrons. The minimum absolute atomic E-state index is 0.621. The first kappa shape index (κ1) is 37.6. The van der Waals surface area contributed by atoms with Crippen molar-refractivity contribution < 1.29 is 0 Å². The normalized spacial score (nSPS) is 11.6. The highest BCUT2D eigenvalue weighted by Gasteiger charge is 2.23. The second kappa shape index (κ2) is 15.4. The Hall–Kier alpha value is -8.93. The SMILES string of the molecule is c1ccc(-c2cc(-c3ccccc3)cc(-n3c4ccc5c(c6ccccc6n5-c5cccc(-c6nc(-c7ccccc7)nc(-c7ccccc7)n6)c5)c4c4ccc5ccccc5c43)c2)cc1. The summed E-state index contributed by atoms with van der Waals surface area (Å²) in [4.78, 5) is 15.2. The fourth-order valence-corrected chi connectivity index (χ4v) is 9.93. The van der Waals surface area contributed by atoms with Crippen LogP contribution in [0.15, 0.2) is 237 Å². The highest BCUT2D eigenvalue weighted by atomic mass is 15.0. The molecule has 0 saturated heterocycles. The molecule has 0 unspecified atom stereocenters. The quantitative estimate of drug-likeness (QED) is 0.161. The number of rotatable bonds is 7. The standard InChI is InChI=1S/C61H39N5/c1-5-18-40(19-6-1)46-36-47(41-20-7-2-8-21-41)39-49(38-46)66-55-35-34-54-56(57(55)52-33-32-42-22-13-14-29-50(42)58(52)66)51-30-15-16-31-53(51)65(54)48-28-17-27-45(37-48)61-63-59(43-23-9-3-10-24-43)62-60(64-61)44-25-11-4-12-26-44/h1-39H. The van der Waals surface area contributed by atoms with Gasteiger partial charge in [-0.25, -0.2) is 15.0 Å². The molecule has 3 aromatic heterocycles. The summed E-state index contributed by atoms with van der Waals surface area (Å²) in [6.07, 6.45) is 0. The molecule has 13 rings (SSSR count). The molecule has 0 spiro atoms. The molecule has 5 heteroatoms. The van der Waals surface area contributed by atoms with Crippen LogP contribution in [0.2, 0.25) is 0 Å². The van der Waals surface area contributed by atoms with E-state index in [9.17, 15) is 0 Å². The number of benzene rings is 10. The Balaban J connectivity index is 1.07. The fraction of sp³-hybridized carbons (Fsp3) is 0. The molecule has 10 aromatic carbocycles.